The van der Waals surface area contributed by atoms with Crippen LogP contribution in [-0.4, -0.2) is 17.4 Å². The molecule has 1 amide bonds. The lowest BCUT2D eigenvalue weighted by Gasteiger charge is -2.12. The molecule has 0 saturated heterocycles. The molecule has 0 aliphatic heterocycles. The molecule has 5 heteroatoms. The van der Waals surface area contributed by atoms with Crippen LogP contribution in [0.25, 0.3) is 0 Å². The Morgan fingerprint density at radius 1 is 1.33 bits per heavy atom. The van der Waals surface area contributed by atoms with Crippen molar-refractivity contribution in [3.05, 3.63) is 52.1 Å². The predicted octanol–water partition coefficient (Wildman–Crippen LogP) is 4.23. The average molecular weight is 348 g/mol. The Morgan fingerprint density at radius 3 is 2.81 bits per heavy atom. The number of nitrogens with one attached hydrogen (secondary N) is 2. The summed E-state index contributed by atoms with van der Waals surface area (Å²) in [6.07, 6.45) is 2.65. The predicted molar refractivity (Wildman–Crippen MR) is 89.8 cm³/mol. The van der Waals surface area contributed by atoms with Crippen LogP contribution in [-0.2, 0) is 0 Å². The number of carbonyl (C=O) groups is 1. The highest BCUT2D eigenvalue weighted by Gasteiger charge is 2.14. The van der Waals surface area contributed by atoms with Crippen LogP contribution in [0.1, 0.15) is 29.3 Å². The number of nitrogens with zero attached hydrogens (tertiary/aromatic N) is 1. The number of amides is 1. The van der Waals surface area contributed by atoms with Gasteiger partial charge in [0.05, 0.1) is 5.56 Å². The Labute approximate surface area is 133 Å². The van der Waals surface area contributed by atoms with E-state index < -0.39 is 0 Å². The highest BCUT2D eigenvalue weighted by molar-refractivity contribution is 9.10. The van der Waals surface area contributed by atoms with E-state index in [0.717, 1.165) is 28.7 Å². The number of pyridine rings is 1. The van der Waals surface area contributed by atoms with E-state index in [4.69, 9.17) is 0 Å². The molecule has 0 atom stereocenters. The lowest BCUT2D eigenvalue weighted by molar-refractivity contribution is 0.102. The molecule has 0 aliphatic rings. The van der Waals surface area contributed by atoms with Gasteiger partial charge in [-0.25, -0.2) is 4.98 Å². The van der Waals surface area contributed by atoms with E-state index in [1.165, 1.54) is 0 Å². The first kappa shape index (κ1) is 15.5. The first-order valence-electron chi connectivity index (χ1n) is 6.88. The van der Waals surface area contributed by atoms with Gasteiger partial charge >= 0.3 is 0 Å². The number of benzene rings is 1. The maximum Gasteiger partial charge on any atom is 0.259 e. The van der Waals surface area contributed by atoms with E-state index in [-0.39, 0.29) is 5.91 Å². The fourth-order valence-corrected chi connectivity index (χ4v) is 2.23. The van der Waals surface area contributed by atoms with E-state index in [1.54, 1.807) is 12.3 Å². The van der Waals surface area contributed by atoms with Crippen molar-refractivity contribution in [1.29, 1.82) is 0 Å². The Kier molecular flexibility index (Phi) is 5.33. The number of halogens is 1. The van der Waals surface area contributed by atoms with Gasteiger partial charge in [0.25, 0.3) is 5.91 Å². The first-order chi connectivity index (χ1) is 10.1. The van der Waals surface area contributed by atoms with Crippen molar-refractivity contribution in [2.45, 2.75) is 20.3 Å². The van der Waals surface area contributed by atoms with Crippen molar-refractivity contribution >= 4 is 33.3 Å². The fourth-order valence-electron chi connectivity index (χ4n) is 1.90. The quantitative estimate of drug-likeness (QED) is 0.850. The van der Waals surface area contributed by atoms with Gasteiger partial charge in [0.15, 0.2) is 0 Å². The van der Waals surface area contributed by atoms with Crippen LogP contribution in [0.4, 0.5) is 11.5 Å². The van der Waals surface area contributed by atoms with Gasteiger partial charge in [-0.15, -0.1) is 0 Å². The van der Waals surface area contributed by atoms with Gasteiger partial charge in [-0.05, 0) is 47.0 Å². The van der Waals surface area contributed by atoms with Crippen molar-refractivity contribution in [3.63, 3.8) is 0 Å². The summed E-state index contributed by atoms with van der Waals surface area (Å²) in [6, 6.07) is 9.47. The van der Waals surface area contributed by atoms with Crippen LogP contribution in [0.15, 0.2) is 41.0 Å². The van der Waals surface area contributed by atoms with Crippen LogP contribution >= 0.6 is 15.9 Å². The third-order valence-electron chi connectivity index (χ3n) is 3.03. The summed E-state index contributed by atoms with van der Waals surface area (Å²) in [5, 5.41) is 6.11. The summed E-state index contributed by atoms with van der Waals surface area (Å²) in [5.41, 5.74) is 2.36. The number of anilines is 2. The molecule has 0 saturated carbocycles. The maximum atomic E-state index is 12.5. The van der Waals surface area contributed by atoms with Crippen molar-refractivity contribution in [2.24, 2.45) is 0 Å². The summed E-state index contributed by atoms with van der Waals surface area (Å²) in [7, 11) is 0. The van der Waals surface area contributed by atoms with Crippen molar-refractivity contribution in [1.82, 2.24) is 4.98 Å². The smallest absolute Gasteiger partial charge is 0.259 e. The summed E-state index contributed by atoms with van der Waals surface area (Å²) < 4.78 is 0.777. The topological polar surface area (TPSA) is 54.0 Å². The van der Waals surface area contributed by atoms with E-state index in [0.29, 0.717) is 11.4 Å². The van der Waals surface area contributed by atoms with Gasteiger partial charge in [-0.2, -0.15) is 0 Å². The van der Waals surface area contributed by atoms with E-state index in [2.05, 4.69) is 38.5 Å². The Morgan fingerprint density at radius 2 is 2.10 bits per heavy atom. The Bertz CT molecular complexity index is 643. The fraction of sp³-hybridized carbons (Fsp3) is 0.250. The number of aryl methyl sites for hydroxylation is 1. The molecule has 1 aromatic heterocycles. The Hall–Kier alpha value is -1.88. The van der Waals surface area contributed by atoms with Crippen molar-refractivity contribution in [2.75, 3.05) is 17.2 Å². The van der Waals surface area contributed by atoms with Gasteiger partial charge in [0, 0.05) is 22.9 Å². The van der Waals surface area contributed by atoms with E-state index >= 15 is 0 Å². The second-order valence-corrected chi connectivity index (χ2v) is 5.66. The minimum Gasteiger partial charge on any atom is -0.369 e. The molecule has 2 aromatic rings. The van der Waals surface area contributed by atoms with Crippen molar-refractivity contribution in [3.8, 4) is 0 Å². The zero-order valence-corrected chi connectivity index (χ0v) is 13.7. The van der Waals surface area contributed by atoms with Crippen LogP contribution in [0.5, 0.6) is 0 Å². The van der Waals surface area contributed by atoms with Crippen molar-refractivity contribution < 1.29 is 4.79 Å². The van der Waals surface area contributed by atoms with Crippen LogP contribution in [0.3, 0.4) is 0 Å². The number of hydrogen-bond donors (Lipinski definition) is 2. The van der Waals surface area contributed by atoms with Gasteiger partial charge in [-0.1, -0.05) is 25.1 Å². The minimum absolute atomic E-state index is 0.170. The van der Waals surface area contributed by atoms with E-state index in [9.17, 15) is 4.79 Å². The molecule has 2 N–H and O–H groups in total. The SMILES string of the molecule is CCCNc1ncc(Br)cc1C(=O)Nc1ccccc1C. The molecule has 21 heavy (non-hydrogen) atoms. The molecule has 110 valence electrons. The molecular weight excluding hydrogens is 330 g/mol. The molecule has 0 fully saturated rings. The number of hydrogen-bond acceptors (Lipinski definition) is 3. The normalized spacial score (nSPS) is 10.2. The van der Waals surface area contributed by atoms with Crippen LogP contribution in [0.2, 0.25) is 0 Å². The standard InChI is InChI=1S/C16H18BrN3O/c1-3-8-18-15-13(9-12(17)10-19-15)16(21)20-14-7-5-4-6-11(14)2/h4-7,9-10H,3,8H2,1-2H3,(H,18,19)(H,20,21). The molecule has 1 heterocycles. The summed E-state index contributed by atoms with van der Waals surface area (Å²) in [6.45, 7) is 4.81. The largest absolute Gasteiger partial charge is 0.369 e. The van der Waals surface area contributed by atoms with Gasteiger partial charge < -0.3 is 10.6 Å². The third kappa shape index (κ3) is 4.04. The molecule has 2 rings (SSSR count). The molecular formula is C16H18BrN3O. The van der Waals surface area contributed by atoms with Crippen LogP contribution < -0.4 is 10.6 Å². The number of carbonyl (C=O) groups excluding carboxylic acids is 1. The van der Waals surface area contributed by atoms with Gasteiger partial charge in [0.1, 0.15) is 5.82 Å². The third-order valence-corrected chi connectivity index (χ3v) is 3.47. The molecule has 1 aromatic carbocycles. The highest BCUT2D eigenvalue weighted by Crippen LogP contribution is 2.21. The molecule has 0 bridgehead atoms. The zero-order chi connectivity index (χ0) is 15.2. The summed E-state index contributed by atoms with van der Waals surface area (Å²) >= 11 is 3.36. The average Bonchev–Trinajstić information content (AvgIpc) is 2.48. The first-order valence-corrected chi connectivity index (χ1v) is 7.67. The monoisotopic (exact) mass is 347 g/mol. The van der Waals surface area contributed by atoms with Crippen LogP contribution in [0, 0.1) is 6.92 Å². The van der Waals surface area contributed by atoms with Gasteiger partial charge in [0.2, 0.25) is 0 Å². The van der Waals surface area contributed by atoms with E-state index in [1.807, 2.05) is 31.2 Å². The summed E-state index contributed by atoms with van der Waals surface area (Å²) in [5.74, 6) is 0.433. The maximum absolute atomic E-state index is 12.5. The molecule has 0 spiro atoms. The number of para-hydroxylation sites is 1. The second kappa shape index (κ2) is 7.22. The second-order valence-electron chi connectivity index (χ2n) is 4.75. The Balaban J connectivity index is 2.25. The lowest BCUT2D eigenvalue weighted by Crippen LogP contribution is -2.16. The molecule has 4 nitrogen and oxygen atoms in total. The molecule has 0 radical (unpaired) electrons. The van der Waals surface area contributed by atoms with Gasteiger partial charge in [-0.3, -0.25) is 4.79 Å². The molecule has 0 aliphatic carbocycles. The minimum atomic E-state index is -0.170. The lowest BCUT2D eigenvalue weighted by atomic mass is 10.2. The molecule has 0 unspecified atom stereocenters. The number of rotatable bonds is 5. The summed E-state index contributed by atoms with van der Waals surface area (Å²) in [4.78, 5) is 16.8. The zero-order valence-electron chi connectivity index (χ0n) is 12.1. The highest BCUT2D eigenvalue weighted by atomic mass is 79.9. The number of aromatic nitrogens is 1.